The molecule has 1 atom stereocenters. The number of rotatable bonds is 5. The van der Waals surface area contributed by atoms with Gasteiger partial charge in [-0.3, -0.25) is 33.4 Å². The minimum atomic E-state index is -0.464. The van der Waals surface area contributed by atoms with Gasteiger partial charge in [0.25, 0.3) is 11.2 Å². The molecular formula is C22H30N8O5. The number of imidazole rings is 1. The number of nitrogens with zero attached hydrogens (tertiary/aromatic N) is 7. The van der Waals surface area contributed by atoms with E-state index in [1.807, 2.05) is 4.90 Å². The lowest BCUT2D eigenvalue weighted by Gasteiger charge is -2.31. The monoisotopic (exact) mass is 486 g/mol. The van der Waals surface area contributed by atoms with E-state index >= 15 is 0 Å². The molecular weight excluding hydrogens is 456 g/mol. The van der Waals surface area contributed by atoms with Gasteiger partial charge < -0.3 is 15.5 Å². The lowest BCUT2D eigenvalue weighted by Crippen LogP contribution is -2.44. The number of anilines is 1. The molecule has 13 heteroatoms. The molecule has 4 rings (SSSR count). The standard InChI is InChI=1S/C19H23N7O4.C3H7NO/c1-22-16-15(17(27)23(2)19(22)28)25(10-12-5-3-7-14(9-12)26(29)30)18(21-16)24-8-4-6-13(20)11-24;1-4(2)3-5/h3,5,7,9,13H,4,6,8,10-11,20H2,1-2H3;3H,1-2H3. The van der Waals surface area contributed by atoms with Gasteiger partial charge >= 0.3 is 5.69 Å². The number of carbonyl (C=O) groups excluding carboxylic acids is 1. The molecule has 0 bridgehead atoms. The van der Waals surface area contributed by atoms with Gasteiger partial charge in [-0.05, 0) is 18.4 Å². The van der Waals surface area contributed by atoms with E-state index in [0.29, 0.717) is 18.1 Å². The number of hydrogen-bond acceptors (Lipinski definition) is 8. The summed E-state index contributed by atoms with van der Waals surface area (Å²) in [5, 5.41) is 11.2. The summed E-state index contributed by atoms with van der Waals surface area (Å²) in [5.41, 5.74) is 6.41. The Morgan fingerprint density at radius 3 is 2.54 bits per heavy atom. The van der Waals surface area contributed by atoms with E-state index in [0.717, 1.165) is 30.4 Å². The molecule has 3 heterocycles. The van der Waals surface area contributed by atoms with Crippen LogP contribution in [0.25, 0.3) is 11.2 Å². The molecule has 0 spiro atoms. The van der Waals surface area contributed by atoms with Gasteiger partial charge in [0.05, 0.1) is 11.5 Å². The average Bonchev–Trinajstić information content (AvgIpc) is 3.21. The number of aryl methyl sites for hydroxylation is 1. The second-order valence-electron chi connectivity index (χ2n) is 8.72. The molecule has 1 aliphatic rings. The molecule has 1 unspecified atom stereocenters. The van der Waals surface area contributed by atoms with Crippen molar-refractivity contribution in [3.8, 4) is 0 Å². The predicted octanol–water partition coefficient (Wildman–Crippen LogP) is 0.0221. The molecule has 3 aromatic rings. The van der Waals surface area contributed by atoms with Gasteiger partial charge in [-0.15, -0.1) is 0 Å². The first-order valence-electron chi connectivity index (χ1n) is 11.1. The topological polar surface area (TPSA) is 155 Å². The third kappa shape index (κ3) is 5.40. The van der Waals surface area contributed by atoms with Crippen LogP contribution in [0.1, 0.15) is 18.4 Å². The van der Waals surface area contributed by atoms with Gasteiger partial charge in [-0.1, -0.05) is 12.1 Å². The van der Waals surface area contributed by atoms with Gasteiger partial charge in [-0.2, -0.15) is 4.98 Å². The molecule has 1 amide bonds. The summed E-state index contributed by atoms with van der Waals surface area (Å²) in [6.45, 7) is 1.50. The van der Waals surface area contributed by atoms with E-state index in [1.165, 1.54) is 28.6 Å². The number of piperidine rings is 1. The van der Waals surface area contributed by atoms with E-state index in [4.69, 9.17) is 5.73 Å². The summed E-state index contributed by atoms with van der Waals surface area (Å²) in [4.78, 5) is 53.6. The largest absolute Gasteiger partial charge is 0.351 e. The number of nitrogens with two attached hydrogens (primary N) is 1. The molecule has 188 valence electrons. The summed E-state index contributed by atoms with van der Waals surface area (Å²) in [6.07, 6.45) is 2.54. The van der Waals surface area contributed by atoms with E-state index in [1.54, 1.807) is 37.8 Å². The highest BCUT2D eigenvalue weighted by Crippen LogP contribution is 2.25. The van der Waals surface area contributed by atoms with Crippen LogP contribution in [0.4, 0.5) is 11.6 Å². The van der Waals surface area contributed by atoms with E-state index in [-0.39, 0.29) is 29.4 Å². The van der Waals surface area contributed by atoms with E-state index in [2.05, 4.69) is 4.98 Å². The van der Waals surface area contributed by atoms with Crippen molar-refractivity contribution in [2.24, 2.45) is 19.8 Å². The van der Waals surface area contributed by atoms with Crippen LogP contribution in [0.15, 0.2) is 33.9 Å². The smallest absolute Gasteiger partial charge is 0.332 e. The Labute approximate surface area is 201 Å². The first-order valence-corrected chi connectivity index (χ1v) is 11.1. The van der Waals surface area contributed by atoms with Crippen LogP contribution in [-0.2, 0) is 25.4 Å². The first-order chi connectivity index (χ1) is 16.5. The Kier molecular flexibility index (Phi) is 7.69. The molecule has 0 saturated carbocycles. The lowest BCUT2D eigenvalue weighted by atomic mass is 10.1. The SMILES string of the molecule is CN(C)C=O.Cn1c(=O)c2c(nc(N3CCCC(N)C3)n2Cc2cccc([N+](=O)[O-])c2)n(C)c1=O. The van der Waals surface area contributed by atoms with E-state index in [9.17, 15) is 24.5 Å². The molecule has 0 aliphatic carbocycles. The van der Waals surface area contributed by atoms with Crippen LogP contribution in [0, 0.1) is 10.1 Å². The van der Waals surface area contributed by atoms with Gasteiger partial charge in [0.1, 0.15) is 0 Å². The highest BCUT2D eigenvalue weighted by molar-refractivity contribution is 5.75. The maximum Gasteiger partial charge on any atom is 0.332 e. The zero-order chi connectivity index (χ0) is 25.9. The molecule has 1 fully saturated rings. The number of benzene rings is 1. The Bertz CT molecular complexity index is 1360. The second-order valence-corrected chi connectivity index (χ2v) is 8.72. The number of aromatic nitrogens is 4. The number of non-ortho nitro benzene ring substituents is 1. The molecule has 2 N–H and O–H groups in total. The van der Waals surface area contributed by atoms with Gasteiger partial charge in [-0.25, -0.2) is 4.79 Å². The van der Waals surface area contributed by atoms with Gasteiger partial charge in [0.2, 0.25) is 12.4 Å². The summed E-state index contributed by atoms with van der Waals surface area (Å²) in [6, 6.07) is 6.25. The van der Waals surface area contributed by atoms with Crippen LogP contribution in [0.5, 0.6) is 0 Å². The van der Waals surface area contributed by atoms with Crippen LogP contribution in [-0.4, -0.2) is 68.1 Å². The predicted molar refractivity (Wildman–Crippen MR) is 132 cm³/mol. The van der Waals surface area contributed by atoms with Gasteiger partial charge in [0.15, 0.2) is 11.2 Å². The summed E-state index contributed by atoms with van der Waals surface area (Å²) in [5.74, 6) is 0.532. The fourth-order valence-electron chi connectivity index (χ4n) is 3.97. The van der Waals surface area contributed by atoms with Crippen molar-refractivity contribution in [3.05, 3.63) is 60.8 Å². The third-order valence-corrected chi connectivity index (χ3v) is 5.74. The number of fused-ring (bicyclic) bond motifs is 1. The number of nitro groups is 1. The maximum atomic E-state index is 13.0. The van der Waals surface area contributed by atoms with Crippen molar-refractivity contribution >= 4 is 29.2 Å². The number of hydrogen-bond donors (Lipinski definition) is 1. The zero-order valence-electron chi connectivity index (χ0n) is 20.2. The van der Waals surface area contributed by atoms with Crippen LogP contribution in [0.3, 0.4) is 0 Å². The fourth-order valence-corrected chi connectivity index (χ4v) is 3.97. The molecule has 0 radical (unpaired) electrons. The van der Waals surface area contributed by atoms with Crippen molar-refractivity contribution in [1.82, 2.24) is 23.6 Å². The summed E-state index contributed by atoms with van der Waals surface area (Å²) >= 11 is 0. The van der Waals surface area contributed by atoms with Gasteiger partial charge in [0, 0.05) is 59.5 Å². The van der Waals surface area contributed by atoms with Crippen molar-refractivity contribution in [2.45, 2.75) is 25.4 Å². The van der Waals surface area contributed by atoms with Crippen LogP contribution < -0.4 is 21.9 Å². The molecule has 1 aromatic carbocycles. The molecule has 2 aromatic heterocycles. The zero-order valence-corrected chi connectivity index (χ0v) is 20.2. The number of amides is 1. The third-order valence-electron chi connectivity index (χ3n) is 5.74. The number of carbonyl (C=O) groups is 1. The molecule has 1 aliphatic heterocycles. The Morgan fingerprint density at radius 2 is 1.94 bits per heavy atom. The molecule has 13 nitrogen and oxygen atoms in total. The lowest BCUT2D eigenvalue weighted by molar-refractivity contribution is -0.384. The Hall–Kier alpha value is -4.00. The summed E-state index contributed by atoms with van der Waals surface area (Å²) < 4.78 is 4.11. The van der Waals surface area contributed by atoms with Crippen molar-refractivity contribution in [2.75, 3.05) is 32.1 Å². The average molecular weight is 487 g/mol. The van der Waals surface area contributed by atoms with Crippen molar-refractivity contribution in [3.63, 3.8) is 0 Å². The Balaban J connectivity index is 0.000000623. The first kappa shape index (κ1) is 25.6. The summed E-state index contributed by atoms with van der Waals surface area (Å²) in [7, 11) is 6.37. The van der Waals surface area contributed by atoms with Crippen LogP contribution >= 0.6 is 0 Å². The minimum absolute atomic E-state index is 0.0172. The highest BCUT2D eigenvalue weighted by Gasteiger charge is 2.26. The quantitative estimate of drug-likeness (QED) is 0.301. The Morgan fingerprint density at radius 1 is 1.26 bits per heavy atom. The fraction of sp³-hybridized carbons (Fsp3) is 0.455. The minimum Gasteiger partial charge on any atom is -0.351 e. The molecule has 1 saturated heterocycles. The van der Waals surface area contributed by atoms with Crippen LogP contribution in [0.2, 0.25) is 0 Å². The van der Waals surface area contributed by atoms with Crippen molar-refractivity contribution < 1.29 is 9.72 Å². The second kappa shape index (κ2) is 10.5. The highest BCUT2D eigenvalue weighted by atomic mass is 16.6. The number of nitro benzene ring substituents is 1. The van der Waals surface area contributed by atoms with Crippen molar-refractivity contribution in [1.29, 1.82) is 0 Å². The maximum absolute atomic E-state index is 13.0. The normalized spacial score (nSPS) is 15.5. The van der Waals surface area contributed by atoms with E-state index < -0.39 is 16.2 Å². The molecule has 35 heavy (non-hydrogen) atoms.